The normalized spacial score (nSPS) is 10.9. The van der Waals surface area contributed by atoms with Crippen LogP contribution in [-0.4, -0.2) is 6.08 Å². The molecule has 0 aliphatic rings. The van der Waals surface area contributed by atoms with Crippen molar-refractivity contribution in [3.63, 3.8) is 0 Å². The Kier molecular flexibility index (Phi) is 2.82. The van der Waals surface area contributed by atoms with Crippen molar-refractivity contribution in [1.82, 2.24) is 0 Å². The second kappa shape index (κ2) is 3.72. The first-order valence-corrected chi connectivity index (χ1v) is 4.33. The quantitative estimate of drug-likeness (QED) is 0.524. The molecule has 1 aromatic rings. The van der Waals surface area contributed by atoms with Crippen LogP contribution in [0.3, 0.4) is 0 Å². The average molecular weight is 193 g/mol. The van der Waals surface area contributed by atoms with Crippen LogP contribution >= 0.6 is 0 Å². The molecule has 0 N–H and O–H groups in total. The van der Waals surface area contributed by atoms with E-state index in [9.17, 15) is 9.18 Å². The molecule has 3 heteroatoms. The smallest absolute Gasteiger partial charge is 0.211 e. The minimum Gasteiger partial charge on any atom is -0.211 e. The number of halogens is 1. The molecule has 0 atom stereocenters. The third-order valence-electron chi connectivity index (χ3n) is 2.17. The Morgan fingerprint density at radius 3 is 2.57 bits per heavy atom. The number of hydrogen-bond acceptors (Lipinski definition) is 2. The summed E-state index contributed by atoms with van der Waals surface area (Å²) in [4.78, 5) is 13.9. The molecule has 0 aliphatic heterocycles. The molecule has 0 amide bonds. The van der Waals surface area contributed by atoms with E-state index in [0.29, 0.717) is 0 Å². The van der Waals surface area contributed by atoms with Crippen LogP contribution in [0.1, 0.15) is 25.0 Å². The summed E-state index contributed by atoms with van der Waals surface area (Å²) in [5.74, 6) is -0.280. The Bertz CT molecular complexity index is 392. The highest BCUT2D eigenvalue weighted by molar-refractivity contribution is 5.39. The minimum absolute atomic E-state index is 0.280. The van der Waals surface area contributed by atoms with Crippen LogP contribution in [0, 0.1) is 12.7 Å². The number of benzene rings is 1. The summed E-state index contributed by atoms with van der Waals surface area (Å²) in [7, 11) is 0. The van der Waals surface area contributed by atoms with Crippen LogP contribution in [0.5, 0.6) is 0 Å². The monoisotopic (exact) mass is 193 g/mol. The number of aryl methyl sites for hydroxylation is 1. The van der Waals surface area contributed by atoms with Gasteiger partial charge in [-0.3, -0.25) is 0 Å². The van der Waals surface area contributed by atoms with Gasteiger partial charge in [-0.1, -0.05) is 6.07 Å². The lowest BCUT2D eigenvalue weighted by Crippen LogP contribution is -2.15. The maximum absolute atomic E-state index is 12.8. The van der Waals surface area contributed by atoms with Crippen LogP contribution in [-0.2, 0) is 10.3 Å². The molecule has 2 nitrogen and oxygen atoms in total. The van der Waals surface area contributed by atoms with Gasteiger partial charge in [-0.15, -0.1) is 0 Å². The van der Waals surface area contributed by atoms with Crippen LogP contribution < -0.4 is 0 Å². The summed E-state index contributed by atoms with van der Waals surface area (Å²) in [5, 5.41) is 0. The van der Waals surface area contributed by atoms with Crippen LogP contribution in [0.4, 0.5) is 4.39 Å². The fourth-order valence-electron chi connectivity index (χ4n) is 1.49. The predicted molar refractivity (Wildman–Crippen MR) is 52.3 cm³/mol. The van der Waals surface area contributed by atoms with Crippen molar-refractivity contribution in [3.8, 4) is 0 Å². The molecule has 0 radical (unpaired) electrons. The molecule has 0 spiro atoms. The Balaban J connectivity index is 3.25. The number of hydrogen-bond donors (Lipinski definition) is 0. The van der Waals surface area contributed by atoms with Gasteiger partial charge in [0, 0.05) is 0 Å². The molecule has 0 fully saturated rings. The van der Waals surface area contributed by atoms with Gasteiger partial charge in [-0.05, 0) is 44.0 Å². The molecule has 0 aliphatic carbocycles. The van der Waals surface area contributed by atoms with Crippen LogP contribution in [0.2, 0.25) is 0 Å². The van der Waals surface area contributed by atoms with E-state index < -0.39 is 5.54 Å². The van der Waals surface area contributed by atoms with E-state index in [0.717, 1.165) is 11.1 Å². The van der Waals surface area contributed by atoms with Gasteiger partial charge < -0.3 is 0 Å². The summed E-state index contributed by atoms with van der Waals surface area (Å²) in [6.45, 7) is 5.37. The molecule has 0 bridgehead atoms. The Morgan fingerprint density at radius 2 is 2.07 bits per heavy atom. The second-order valence-electron chi connectivity index (χ2n) is 3.72. The third-order valence-corrected chi connectivity index (χ3v) is 2.17. The number of nitrogens with zero attached hydrogens (tertiary/aromatic N) is 1. The zero-order valence-electron chi connectivity index (χ0n) is 8.47. The zero-order chi connectivity index (χ0) is 10.8. The van der Waals surface area contributed by atoms with Gasteiger partial charge in [-0.25, -0.2) is 9.18 Å². The van der Waals surface area contributed by atoms with Crippen molar-refractivity contribution < 1.29 is 9.18 Å². The number of isocyanates is 1. The van der Waals surface area contributed by atoms with Gasteiger partial charge in [0.2, 0.25) is 6.08 Å². The van der Waals surface area contributed by atoms with Gasteiger partial charge in [0.15, 0.2) is 0 Å². The second-order valence-corrected chi connectivity index (χ2v) is 3.72. The first-order chi connectivity index (χ1) is 6.47. The van der Waals surface area contributed by atoms with Crippen molar-refractivity contribution in [2.24, 2.45) is 4.99 Å². The molecule has 74 valence electrons. The Labute approximate surface area is 82.5 Å². The molecule has 14 heavy (non-hydrogen) atoms. The standard InChI is InChI=1S/C11H12FNO/c1-8-6-9(12)4-5-10(8)11(2,3)13-7-14/h4-6H,1-3H3. The average Bonchev–Trinajstić information content (AvgIpc) is 2.02. The number of rotatable bonds is 2. The Morgan fingerprint density at radius 1 is 1.43 bits per heavy atom. The first-order valence-electron chi connectivity index (χ1n) is 4.33. The first kappa shape index (κ1) is 10.6. The molecule has 0 saturated heterocycles. The third kappa shape index (κ3) is 2.06. The lowest BCUT2D eigenvalue weighted by molar-refractivity contribution is 0.519. The number of carbonyl (C=O) groups excluding carboxylic acids is 1. The largest absolute Gasteiger partial charge is 0.235 e. The fraction of sp³-hybridized carbons (Fsp3) is 0.364. The lowest BCUT2D eigenvalue weighted by Gasteiger charge is -2.20. The summed E-state index contributed by atoms with van der Waals surface area (Å²) < 4.78 is 12.8. The van der Waals surface area contributed by atoms with E-state index >= 15 is 0 Å². The fourth-order valence-corrected chi connectivity index (χ4v) is 1.49. The maximum atomic E-state index is 12.8. The molecule has 0 unspecified atom stereocenters. The van der Waals surface area contributed by atoms with Crippen molar-refractivity contribution in [2.45, 2.75) is 26.3 Å². The van der Waals surface area contributed by atoms with Crippen molar-refractivity contribution in [3.05, 3.63) is 35.1 Å². The van der Waals surface area contributed by atoms with Gasteiger partial charge in [0.05, 0.1) is 5.54 Å². The highest BCUT2D eigenvalue weighted by Gasteiger charge is 2.21. The molecular formula is C11H12FNO. The van der Waals surface area contributed by atoms with Gasteiger partial charge >= 0.3 is 0 Å². The molecular weight excluding hydrogens is 181 g/mol. The van der Waals surface area contributed by atoms with E-state index in [2.05, 4.69) is 4.99 Å². The van der Waals surface area contributed by atoms with Crippen molar-refractivity contribution >= 4 is 6.08 Å². The van der Waals surface area contributed by atoms with E-state index in [-0.39, 0.29) is 5.82 Å². The zero-order valence-corrected chi connectivity index (χ0v) is 8.47. The minimum atomic E-state index is -0.639. The van der Waals surface area contributed by atoms with Crippen LogP contribution in [0.25, 0.3) is 0 Å². The topological polar surface area (TPSA) is 29.4 Å². The molecule has 1 rings (SSSR count). The molecule has 0 saturated carbocycles. The van der Waals surface area contributed by atoms with Crippen LogP contribution in [0.15, 0.2) is 23.2 Å². The van der Waals surface area contributed by atoms with Gasteiger partial charge in [0.25, 0.3) is 0 Å². The van der Waals surface area contributed by atoms with Crippen molar-refractivity contribution in [1.29, 1.82) is 0 Å². The van der Waals surface area contributed by atoms with Crippen molar-refractivity contribution in [2.75, 3.05) is 0 Å². The van der Waals surface area contributed by atoms with Gasteiger partial charge in [-0.2, -0.15) is 4.99 Å². The predicted octanol–water partition coefficient (Wildman–Crippen LogP) is 2.71. The van der Waals surface area contributed by atoms with E-state index in [1.54, 1.807) is 26.8 Å². The molecule has 0 heterocycles. The highest BCUT2D eigenvalue weighted by Crippen LogP contribution is 2.27. The van der Waals surface area contributed by atoms with E-state index in [1.165, 1.54) is 18.2 Å². The molecule has 1 aromatic carbocycles. The Hall–Kier alpha value is -1.47. The maximum Gasteiger partial charge on any atom is 0.235 e. The number of aliphatic imine (C=N–C) groups is 1. The summed E-state index contributed by atoms with van der Waals surface area (Å²) >= 11 is 0. The van der Waals surface area contributed by atoms with E-state index in [4.69, 9.17) is 0 Å². The summed E-state index contributed by atoms with van der Waals surface area (Å²) in [6, 6.07) is 4.44. The SMILES string of the molecule is Cc1cc(F)ccc1C(C)(C)N=C=O. The summed E-state index contributed by atoms with van der Waals surface area (Å²) in [5.41, 5.74) is 0.982. The summed E-state index contributed by atoms with van der Waals surface area (Å²) in [6.07, 6.45) is 1.53. The van der Waals surface area contributed by atoms with E-state index in [1.807, 2.05) is 0 Å². The van der Waals surface area contributed by atoms with Gasteiger partial charge in [0.1, 0.15) is 5.82 Å². The lowest BCUT2D eigenvalue weighted by atomic mass is 9.91. The molecule has 0 aromatic heterocycles. The highest BCUT2D eigenvalue weighted by atomic mass is 19.1.